The summed E-state index contributed by atoms with van der Waals surface area (Å²) in [5.74, 6) is -2.98. The summed E-state index contributed by atoms with van der Waals surface area (Å²) in [7, 11) is 0. The lowest BCUT2D eigenvalue weighted by molar-refractivity contribution is -0.147. The summed E-state index contributed by atoms with van der Waals surface area (Å²) in [5.41, 5.74) is 2.90. The molecule has 3 rings (SSSR count). The van der Waals surface area contributed by atoms with Gasteiger partial charge in [0.1, 0.15) is 0 Å². The Labute approximate surface area is 186 Å². The molecule has 7 nitrogen and oxygen atoms in total. The van der Waals surface area contributed by atoms with Crippen LogP contribution in [0, 0.1) is 5.92 Å². The predicted molar refractivity (Wildman–Crippen MR) is 110 cm³/mol. The van der Waals surface area contributed by atoms with E-state index in [1.54, 1.807) is 12.1 Å². The SMILES string of the molecule is O=C(COC(=O)C1CC(=O)N(NC(=O)c2ccc(Cl)cc2Cl)C1)c1ccc(Cl)cc1. The van der Waals surface area contributed by atoms with Crippen molar-refractivity contribution in [3.63, 3.8) is 0 Å². The minimum absolute atomic E-state index is 0.0796. The third kappa shape index (κ3) is 5.30. The second kappa shape index (κ2) is 9.47. The van der Waals surface area contributed by atoms with Gasteiger partial charge in [-0.25, -0.2) is 0 Å². The van der Waals surface area contributed by atoms with Crippen LogP contribution in [-0.4, -0.2) is 41.7 Å². The van der Waals surface area contributed by atoms with Gasteiger partial charge in [-0.3, -0.25) is 29.6 Å². The molecular formula is C20H15Cl3N2O5. The first-order valence-corrected chi connectivity index (χ1v) is 9.90. The van der Waals surface area contributed by atoms with Crippen molar-refractivity contribution in [3.8, 4) is 0 Å². The molecule has 2 amide bonds. The molecule has 0 saturated carbocycles. The van der Waals surface area contributed by atoms with Gasteiger partial charge in [-0.1, -0.05) is 34.8 Å². The Morgan fingerprint density at radius 3 is 2.37 bits per heavy atom. The first-order valence-electron chi connectivity index (χ1n) is 8.76. The zero-order valence-corrected chi connectivity index (χ0v) is 17.6. The molecule has 1 unspecified atom stereocenters. The maximum atomic E-state index is 12.3. The molecule has 1 aliphatic rings. The van der Waals surface area contributed by atoms with Crippen molar-refractivity contribution < 1.29 is 23.9 Å². The molecule has 156 valence electrons. The summed E-state index contributed by atoms with van der Waals surface area (Å²) < 4.78 is 5.04. The molecule has 0 aromatic heterocycles. The molecule has 0 aliphatic carbocycles. The van der Waals surface area contributed by atoms with Crippen molar-refractivity contribution in [2.45, 2.75) is 6.42 Å². The van der Waals surface area contributed by atoms with E-state index >= 15 is 0 Å². The first-order chi connectivity index (χ1) is 14.2. The number of halogens is 3. The summed E-state index contributed by atoms with van der Waals surface area (Å²) in [5, 5.41) is 2.00. The van der Waals surface area contributed by atoms with Gasteiger partial charge in [0.25, 0.3) is 5.91 Å². The number of ketones is 1. The number of Topliss-reactive ketones (excluding diaryl/α,β-unsaturated/α-hetero) is 1. The molecule has 1 fully saturated rings. The van der Waals surface area contributed by atoms with Gasteiger partial charge in [-0.15, -0.1) is 0 Å². The average molecular weight is 470 g/mol. The number of hydrogen-bond acceptors (Lipinski definition) is 5. The van der Waals surface area contributed by atoms with Gasteiger partial charge in [-0.2, -0.15) is 0 Å². The third-order valence-corrected chi connectivity index (χ3v) is 5.18. The number of rotatable bonds is 6. The van der Waals surface area contributed by atoms with E-state index in [0.29, 0.717) is 15.6 Å². The number of carbonyl (C=O) groups is 4. The van der Waals surface area contributed by atoms with Crippen molar-refractivity contribution in [2.75, 3.05) is 13.2 Å². The van der Waals surface area contributed by atoms with Gasteiger partial charge in [0.2, 0.25) is 5.91 Å². The standard InChI is InChI=1S/C20H15Cl3N2O5/c21-13-3-1-11(2-4-13)17(26)10-30-20(29)12-7-18(27)25(9-12)24-19(28)15-6-5-14(22)8-16(15)23/h1-6,8,12H,7,9-10H2,(H,24,28). The summed E-state index contributed by atoms with van der Waals surface area (Å²) >= 11 is 17.6. The lowest BCUT2D eigenvalue weighted by Crippen LogP contribution is -2.43. The zero-order valence-electron chi connectivity index (χ0n) is 15.4. The van der Waals surface area contributed by atoms with Crippen molar-refractivity contribution in [3.05, 3.63) is 68.7 Å². The number of ether oxygens (including phenoxy) is 1. The van der Waals surface area contributed by atoms with Crippen LogP contribution in [0.25, 0.3) is 0 Å². The van der Waals surface area contributed by atoms with Crippen LogP contribution in [0.4, 0.5) is 0 Å². The van der Waals surface area contributed by atoms with Crippen LogP contribution in [0.15, 0.2) is 42.5 Å². The van der Waals surface area contributed by atoms with Crippen LogP contribution in [0.5, 0.6) is 0 Å². The molecule has 0 spiro atoms. The van der Waals surface area contributed by atoms with Crippen molar-refractivity contribution in [1.82, 2.24) is 10.4 Å². The summed E-state index contributed by atoms with van der Waals surface area (Å²) in [6, 6.07) is 10.5. The minimum atomic E-state index is -0.809. The molecule has 2 aromatic carbocycles. The monoisotopic (exact) mass is 468 g/mol. The maximum Gasteiger partial charge on any atom is 0.311 e. The topological polar surface area (TPSA) is 92.8 Å². The van der Waals surface area contributed by atoms with Crippen molar-refractivity contribution in [1.29, 1.82) is 0 Å². The van der Waals surface area contributed by atoms with Gasteiger partial charge >= 0.3 is 5.97 Å². The number of amides is 2. The highest BCUT2D eigenvalue weighted by atomic mass is 35.5. The summed E-state index contributed by atoms with van der Waals surface area (Å²) in [4.78, 5) is 48.8. The predicted octanol–water partition coefficient (Wildman–Crippen LogP) is 3.57. The van der Waals surface area contributed by atoms with E-state index < -0.39 is 36.1 Å². The van der Waals surface area contributed by atoms with Crippen LogP contribution in [0.1, 0.15) is 27.1 Å². The quantitative estimate of drug-likeness (QED) is 0.516. The van der Waals surface area contributed by atoms with Gasteiger partial charge in [0, 0.05) is 22.0 Å². The second-order valence-corrected chi connectivity index (χ2v) is 7.79. The number of hydrazine groups is 1. The summed E-state index contributed by atoms with van der Waals surface area (Å²) in [6.45, 7) is -0.540. The van der Waals surface area contributed by atoms with Crippen molar-refractivity contribution in [2.24, 2.45) is 5.92 Å². The number of esters is 1. The second-order valence-electron chi connectivity index (χ2n) is 6.51. The molecule has 1 saturated heterocycles. The Kier molecular flexibility index (Phi) is 6.97. The highest BCUT2D eigenvalue weighted by Gasteiger charge is 2.37. The van der Waals surface area contributed by atoms with E-state index in [1.165, 1.54) is 30.3 Å². The van der Waals surface area contributed by atoms with E-state index in [-0.39, 0.29) is 23.6 Å². The third-order valence-electron chi connectivity index (χ3n) is 4.38. The molecule has 1 heterocycles. The van der Waals surface area contributed by atoms with Crippen LogP contribution in [-0.2, 0) is 14.3 Å². The molecular weight excluding hydrogens is 455 g/mol. The Balaban J connectivity index is 1.54. The van der Waals surface area contributed by atoms with E-state index in [0.717, 1.165) is 5.01 Å². The Morgan fingerprint density at radius 2 is 1.70 bits per heavy atom. The van der Waals surface area contributed by atoms with E-state index in [9.17, 15) is 19.2 Å². The van der Waals surface area contributed by atoms with Crippen LogP contribution < -0.4 is 5.43 Å². The molecule has 1 atom stereocenters. The van der Waals surface area contributed by atoms with Gasteiger partial charge < -0.3 is 4.74 Å². The number of nitrogens with one attached hydrogen (secondary N) is 1. The van der Waals surface area contributed by atoms with E-state index in [2.05, 4.69) is 5.43 Å². The van der Waals surface area contributed by atoms with Gasteiger partial charge in [0.05, 0.1) is 23.0 Å². The summed E-state index contributed by atoms with van der Waals surface area (Å²) in [6.07, 6.45) is -0.150. The molecule has 1 aliphatic heterocycles. The van der Waals surface area contributed by atoms with Crippen LogP contribution >= 0.6 is 34.8 Å². The number of hydrogen-bond donors (Lipinski definition) is 1. The van der Waals surface area contributed by atoms with Crippen LogP contribution in [0.2, 0.25) is 15.1 Å². The highest BCUT2D eigenvalue weighted by molar-refractivity contribution is 6.36. The molecule has 2 aromatic rings. The van der Waals surface area contributed by atoms with Crippen LogP contribution in [0.3, 0.4) is 0 Å². The highest BCUT2D eigenvalue weighted by Crippen LogP contribution is 2.22. The fraction of sp³-hybridized carbons (Fsp3) is 0.200. The Bertz CT molecular complexity index is 1010. The number of nitrogens with zero attached hydrogens (tertiary/aromatic N) is 1. The fourth-order valence-corrected chi connectivity index (χ4v) is 3.42. The lowest BCUT2D eigenvalue weighted by atomic mass is 10.1. The zero-order chi connectivity index (χ0) is 21.8. The largest absolute Gasteiger partial charge is 0.457 e. The van der Waals surface area contributed by atoms with Crippen molar-refractivity contribution >= 4 is 58.4 Å². The fourth-order valence-electron chi connectivity index (χ4n) is 2.80. The van der Waals surface area contributed by atoms with E-state index in [1.807, 2.05) is 0 Å². The molecule has 0 radical (unpaired) electrons. The average Bonchev–Trinajstić information content (AvgIpc) is 3.06. The number of carbonyl (C=O) groups excluding carboxylic acids is 4. The molecule has 30 heavy (non-hydrogen) atoms. The molecule has 10 heteroatoms. The van der Waals surface area contributed by atoms with Gasteiger partial charge in [0.15, 0.2) is 12.4 Å². The minimum Gasteiger partial charge on any atom is -0.457 e. The normalized spacial score (nSPS) is 15.8. The smallest absolute Gasteiger partial charge is 0.311 e. The van der Waals surface area contributed by atoms with Gasteiger partial charge in [-0.05, 0) is 42.5 Å². The molecule has 1 N–H and O–H groups in total. The maximum absolute atomic E-state index is 12.3. The molecule has 0 bridgehead atoms. The Hall–Kier alpha value is -2.61. The Morgan fingerprint density at radius 1 is 1.03 bits per heavy atom. The lowest BCUT2D eigenvalue weighted by Gasteiger charge is -2.18. The van der Waals surface area contributed by atoms with E-state index in [4.69, 9.17) is 39.5 Å². The number of benzene rings is 2. The first kappa shape index (κ1) is 22.1.